The Morgan fingerprint density at radius 2 is 1.95 bits per heavy atom. The van der Waals surface area contributed by atoms with Crippen molar-refractivity contribution in [3.63, 3.8) is 0 Å². The summed E-state index contributed by atoms with van der Waals surface area (Å²) in [6.07, 6.45) is 2.03. The predicted molar refractivity (Wildman–Crippen MR) is 76.7 cm³/mol. The Morgan fingerprint density at radius 3 is 2.53 bits per heavy atom. The number of rotatable bonds is 4. The van der Waals surface area contributed by atoms with E-state index in [1.807, 2.05) is 36.6 Å². The highest BCUT2D eigenvalue weighted by molar-refractivity contribution is 7.98. The molecular formula is C15H13FN2S. The van der Waals surface area contributed by atoms with Crippen LogP contribution in [0, 0.1) is 17.1 Å². The van der Waals surface area contributed by atoms with Gasteiger partial charge in [-0.15, -0.1) is 11.8 Å². The monoisotopic (exact) mass is 272 g/mol. The Kier molecular flexibility index (Phi) is 4.43. The zero-order chi connectivity index (χ0) is 13.7. The van der Waals surface area contributed by atoms with Crippen LogP contribution in [0.3, 0.4) is 0 Å². The molecule has 2 aromatic rings. The molecule has 0 radical (unpaired) electrons. The smallest absolute Gasteiger partial charge is 0.147 e. The number of thioether (sulfide) groups is 1. The van der Waals surface area contributed by atoms with Crippen molar-refractivity contribution >= 4 is 17.4 Å². The van der Waals surface area contributed by atoms with E-state index in [4.69, 9.17) is 5.26 Å². The van der Waals surface area contributed by atoms with E-state index < -0.39 is 5.82 Å². The minimum absolute atomic E-state index is 0.326. The molecule has 2 aromatic carbocycles. The van der Waals surface area contributed by atoms with Crippen LogP contribution in [-0.2, 0) is 6.54 Å². The van der Waals surface area contributed by atoms with Gasteiger partial charge in [-0.2, -0.15) is 5.26 Å². The molecule has 0 aliphatic heterocycles. The molecule has 96 valence electrons. The third-order valence-electron chi connectivity index (χ3n) is 2.74. The molecule has 0 atom stereocenters. The maximum atomic E-state index is 13.6. The summed E-state index contributed by atoms with van der Waals surface area (Å²) in [5.74, 6) is -0.403. The molecule has 0 saturated heterocycles. The highest BCUT2D eigenvalue weighted by Crippen LogP contribution is 2.18. The maximum absolute atomic E-state index is 13.6. The van der Waals surface area contributed by atoms with Crippen molar-refractivity contribution in [2.24, 2.45) is 0 Å². The van der Waals surface area contributed by atoms with Crippen LogP contribution in [-0.4, -0.2) is 6.26 Å². The first-order valence-electron chi connectivity index (χ1n) is 5.79. The molecule has 0 aliphatic rings. The van der Waals surface area contributed by atoms with E-state index in [0.29, 0.717) is 17.8 Å². The van der Waals surface area contributed by atoms with Gasteiger partial charge >= 0.3 is 0 Å². The highest BCUT2D eigenvalue weighted by atomic mass is 32.2. The van der Waals surface area contributed by atoms with Crippen molar-refractivity contribution in [1.82, 2.24) is 0 Å². The normalized spacial score (nSPS) is 9.95. The van der Waals surface area contributed by atoms with Gasteiger partial charge in [0.05, 0.1) is 17.3 Å². The number of halogens is 1. The van der Waals surface area contributed by atoms with Crippen molar-refractivity contribution in [1.29, 1.82) is 5.26 Å². The van der Waals surface area contributed by atoms with Crippen LogP contribution in [0.25, 0.3) is 0 Å². The number of hydrogen-bond acceptors (Lipinski definition) is 3. The average Bonchev–Trinajstić information content (AvgIpc) is 2.46. The Hall–Kier alpha value is -1.99. The average molecular weight is 272 g/mol. The zero-order valence-corrected chi connectivity index (χ0v) is 11.3. The van der Waals surface area contributed by atoms with Crippen molar-refractivity contribution in [3.05, 3.63) is 59.4 Å². The molecule has 1 N–H and O–H groups in total. The fraction of sp³-hybridized carbons (Fsp3) is 0.133. The summed E-state index contributed by atoms with van der Waals surface area (Å²) >= 11 is 1.69. The van der Waals surface area contributed by atoms with Crippen LogP contribution in [0.4, 0.5) is 10.1 Å². The largest absolute Gasteiger partial charge is 0.379 e. The molecule has 0 saturated carbocycles. The number of nitrogens with zero attached hydrogens (tertiary/aromatic N) is 1. The van der Waals surface area contributed by atoms with Crippen LogP contribution in [0.15, 0.2) is 47.4 Å². The maximum Gasteiger partial charge on any atom is 0.147 e. The summed E-state index contributed by atoms with van der Waals surface area (Å²) in [4.78, 5) is 1.20. The number of nitrogens with one attached hydrogen (secondary N) is 1. The highest BCUT2D eigenvalue weighted by Gasteiger charge is 2.03. The van der Waals surface area contributed by atoms with E-state index >= 15 is 0 Å². The van der Waals surface area contributed by atoms with Crippen LogP contribution < -0.4 is 5.32 Å². The third-order valence-corrected chi connectivity index (χ3v) is 3.48. The van der Waals surface area contributed by atoms with Crippen LogP contribution in [0.5, 0.6) is 0 Å². The minimum Gasteiger partial charge on any atom is -0.379 e. The second kappa shape index (κ2) is 6.26. The van der Waals surface area contributed by atoms with E-state index in [2.05, 4.69) is 5.32 Å². The van der Waals surface area contributed by atoms with Gasteiger partial charge < -0.3 is 5.32 Å². The van der Waals surface area contributed by atoms with Crippen molar-refractivity contribution < 1.29 is 4.39 Å². The second-order valence-corrected chi connectivity index (χ2v) is 4.89. The van der Waals surface area contributed by atoms with Gasteiger partial charge in [-0.25, -0.2) is 4.39 Å². The standard InChI is InChI=1S/C15H13FN2S/c1-19-13-5-2-11(3-6-13)10-18-15-7-4-12(9-17)8-14(15)16/h2-8,18H,10H2,1H3. The lowest BCUT2D eigenvalue weighted by Crippen LogP contribution is -2.01. The summed E-state index contributed by atoms with van der Waals surface area (Å²) in [6.45, 7) is 0.553. The van der Waals surface area contributed by atoms with Crippen LogP contribution in [0.2, 0.25) is 0 Å². The van der Waals surface area contributed by atoms with Gasteiger partial charge in [-0.05, 0) is 42.2 Å². The quantitative estimate of drug-likeness (QED) is 0.853. The second-order valence-electron chi connectivity index (χ2n) is 4.01. The van der Waals surface area contributed by atoms with E-state index in [0.717, 1.165) is 5.56 Å². The summed E-state index contributed by atoms with van der Waals surface area (Å²) in [6, 6.07) is 14.4. The fourth-order valence-electron chi connectivity index (χ4n) is 1.67. The van der Waals surface area contributed by atoms with E-state index in [-0.39, 0.29) is 0 Å². The molecule has 0 heterocycles. The van der Waals surface area contributed by atoms with E-state index in [1.165, 1.54) is 11.0 Å². The van der Waals surface area contributed by atoms with Gasteiger partial charge in [-0.1, -0.05) is 12.1 Å². The van der Waals surface area contributed by atoms with Gasteiger partial charge in [0, 0.05) is 11.4 Å². The van der Waals surface area contributed by atoms with E-state index in [9.17, 15) is 4.39 Å². The lowest BCUT2D eigenvalue weighted by Gasteiger charge is -2.08. The van der Waals surface area contributed by atoms with Crippen molar-refractivity contribution in [2.45, 2.75) is 11.4 Å². The zero-order valence-electron chi connectivity index (χ0n) is 10.5. The molecule has 2 nitrogen and oxygen atoms in total. The fourth-order valence-corrected chi connectivity index (χ4v) is 2.08. The summed E-state index contributed by atoms with van der Waals surface area (Å²) in [5, 5.41) is 11.7. The number of nitriles is 1. The molecule has 0 fully saturated rings. The predicted octanol–water partition coefficient (Wildman–Crippen LogP) is 4.03. The third kappa shape index (κ3) is 3.49. The van der Waals surface area contributed by atoms with Crippen molar-refractivity contribution in [2.75, 3.05) is 11.6 Å². The summed E-state index contributed by atoms with van der Waals surface area (Å²) in [7, 11) is 0. The van der Waals surface area contributed by atoms with Gasteiger partial charge in [0.1, 0.15) is 5.82 Å². The number of hydrogen-bond donors (Lipinski definition) is 1. The molecular weight excluding hydrogens is 259 g/mol. The Morgan fingerprint density at radius 1 is 1.21 bits per heavy atom. The number of benzene rings is 2. The molecule has 0 aromatic heterocycles. The summed E-state index contributed by atoms with van der Waals surface area (Å²) in [5.41, 5.74) is 1.82. The first-order valence-corrected chi connectivity index (χ1v) is 7.02. The van der Waals surface area contributed by atoms with Gasteiger partial charge in [-0.3, -0.25) is 0 Å². The van der Waals surface area contributed by atoms with Gasteiger partial charge in [0.2, 0.25) is 0 Å². The Bertz CT molecular complexity index is 603. The number of anilines is 1. The minimum atomic E-state index is -0.403. The molecule has 0 amide bonds. The SMILES string of the molecule is CSc1ccc(CNc2ccc(C#N)cc2F)cc1. The van der Waals surface area contributed by atoms with Crippen LogP contribution in [0.1, 0.15) is 11.1 Å². The summed E-state index contributed by atoms with van der Waals surface area (Å²) < 4.78 is 13.6. The first-order chi connectivity index (χ1) is 9.22. The lowest BCUT2D eigenvalue weighted by atomic mass is 10.2. The van der Waals surface area contributed by atoms with Gasteiger partial charge in [0.15, 0.2) is 0 Å². The molecule has 0 bridgehead atoms. The Balaban J connectivity index is 2.04. The molecule has 4 heteroatoms. The molecule has 2 rings (SSSR count). The molecule has 0 unspecified atom stereocenters. The molecule has 0 aliphatic carbocycles. The molecule has 0 spiro atoms. The Labute approximate surface area is 116 Å². The molecule has 19 heavy (non-hydrogen) atoms. The van der Waals surface area contributed by atoms with Crippen molar-refractivity contribution in [3.8, 4) is 6.07 Å². The van der Waals surface area contributed by atoms with Gasteiger partial charge in [0.25, 0.3) is 0 Å². The lowest BCUT2D eigenvalue weighted by molar-refractivity contribution is 0.629. The topological polar surface area (TPSA) is 35.8 Å². The van der Waals surface area contributed by atoms with Crippen LogP contribution >= 0.6 is 11.8 Å². The first kappa shape index (κ1) is 13.4. The van der Waals surface area contributed by atoms with E-state index in [1.54, 1.807) is 23.9 Å².